The zero-order chi connectivity index (χ0) is 14.8. The molecule has 1 aromatic rings. The number of rotatable bonds is 9. The van der Waals surface area contributed by atoms with Gasteiger partial charge in [-0.05, 0) is 55.3 Å². The van der Waals surface area contributed by atoms with Gasteiger partial charge in [0, 0.05) is 0 Å². The summed E-state index contributed by atoms with van der Waals surface area (Å²) in [6.07, 6.45) is 7.83. The Bertz CT molecular complexity index is 345. The molecule has 0 aliphatic rings. The second-order valence-electron chi connectivity index (χ2n) is 6.86. The summed E-state index contributed by atoms with van der Waals surface area (Å²) in [5, 5.41) is 3.46. The summed E-state index contributed by atoms with van der Waals surface area (Å²) in [4.78, 5) is 0. The Morgan fingerprint density at radius 1 is 0.850 bits per heavy atom. The van der Waals surface area contributed by atoms with E-state index >= 15 is 0 Å². The summed E-state index contributed by atoms with van der Waals surface area (Å²) >= 11 is 0. The fourth-order valence-electron chi connectivity index (χ4n) is 2.41. The molecular weight excluding hydrogens is 242 g/mol. The van der Waals surface area contributed by atoms with Gasteiger partial charge in [-0.15, -0.1) is 0 Å². The van der Waals surface area contributed by atoms with E-state index in [1.807, 2.05) is 0 Å². The Labute approximate surface area is 126 Å². The van der Waals surface area contributed by atoms with Crippen LogP contribution in [0.2, 0.25) is 0 Å². The number of benzene rings is 1. The van der Waals surface area contributed by atoms with Crippen molar-refractivity contribution in [3.63, 3.8) is 0 Å². The Hall–Kier alpha value is -0.820. The molecule has 1 heteroatoms. The third-order valence-corrected chi connectivity index (χ3v) is 3.82. The van der Waals surface area contributed by atoms with Gasteiger partial charge >= 0.3 is 0 Å². The molecule has 0 heterocycles. The van der Waals surface area contributed by atoms with Gasteiger partial charge in [0.2, 0.25) is 0 Å². The smallest absolute Gasteiger partial charge is 0.00489 e. The molecule has 0 fully saturated rings. The van der Waals surface area contributed by atoms with Crippen molar-refractivity contribution in [3.8, 4) is 0 Å². The summed E-state index contributed by atoms with van der Waals surface area (Å²) in [6, 6.07) is 9.21. The van der Waals surface area contributed by atoms with Crippen LogP contribution in [0.3, 0.4) is 0 Å². The van der Waals surface area contributed by atoms with Crippen LogP contribution >= 0.6 is 0 Å². The lowest BCUT2D eigenvalue weighted by molar-refractivity contribution is 0.583. The second-order valence-corrected chi connectivity index (χ2v) is 6.86. The summed E-state index contributed by atoms with van der Waals surface area (Å²) < 4.78 is 0. The van der Waals surface area contributed by atoms with E-state index in [1.54, 1.807) is 0 Å². The van der Waals surface area contributed by atoms with Crippen LogP contribution in [0, 0.1) is 0 Å². The van der Waals surface area contributed by atoms with Crippen LogP contribution in [0.1, 0.15) is 70.9 Å². The lowest BCUT2D eigenvalue weighted by Gasteiger charge is -2.19. The SMILES string of the molecule is CCCNCCCCCCc1ccc(C(C)(C)C)cc1. The fraction of sp³-hybridized carbons (Fsp3) is 0.684. The largest absolute Gasteiger partial charge is 0.317 e. The molecule has 114 valence electrons. The number of nitrogens with one attached hydrogen (secondary N) is 1. The predicted molar refractivity (Wildman–Crippen MR) is 90.5 cm³/mol. The molecule has 0 radical (unpaired) electrons. The van der Waals surface area contributed by atoms with Gasteiger partial charge in [-0.2, -0.15) is 0 Å². The monoisotopic (exact) mass is 275 g/mol. The van der Waals surface area contributed by atoms with Crippen LogP contribution in [0.25, 0.3) is 0 Å². The van der Waals surface area contributed by atoms with Crippen molar-refractivity contribution in [1.29, 1.82) is 0 Å². The van der Waals surface area contributed by atoms with Crippen LogP contribution in [0.15, 0.2) is 24.3 Å². The van der Waals surface area contributed by atoms with E-state index in [9.17, 15) is 0 Å². The predicted octanol–water partition coefficient (Wildman–Crippen LogP) is 5.09. The van der Waals surface area contributed by atoms with Gasteiger partial charge in [-0.3, -0.25) is 0 Å². The first kappa shape index (κ1) is 17.2. The first-order chi connectivity index (χ1) is 9.54. The molecule has 0 saturated heterocycles. The molecule has 1 rings (SSSR count). The van der Waals surface area contributed by atoms with Crippen molar-refractivity contribution in [2.24, 2.45) is 0 Å². The molecule has 0 amide bonds. The third kappa shape index (κ3) is 7.09. The van der Waals surface area contributed by atoms with Crippen LogP contribution in [0.5, 0.6) is 0 Å². The molecule has 1 nitrogen and oxygen atoms in total. The Morgan fingerprint density at radius 2 is 1.50 bits per heavy atom. The Balaban J connectivity index is 2.13. The summed E-state index contributed by atoms with van der Waals surface area (Å²) in [5.41, 5.74) is 3.19. The standard InChI is InChI=1S/C19H33N/c1-5-15-20-16-9-7-6-8-10-17-11-13-18(14-12-17)19(2,3)4/h11-14,20H,5-10,15-16H2,1-4H3. The van der Waals surface area contributed by atoms with Crippen LogP contribution in [-0.2, 0) is 11.8 Å². The van der Waals surface area contributed by atoms with E-state index < -0.39 is 0 Å². The number of hydrogen-bond donors (Lipinski definition) is 1. The minimum Gasteiger partial charge on any atom is -0.317 e. The van der Waals surface area contributed by atoms with Crippen molar-refractivity contribution in [1.82, 2.24) is 5.32 Å². The van der Waals surface area contributed by atoms with Crippen molar-refractivity contribution < 1.29 is 0 Å². The van der Waals surface area contributed by atoms with Crippen LogP contribution < -0.4 is 5.32 Å². The van der Waals surface area contributed by atoms with Gasteiger partial charge in [0.15, 0.2) is 0 Å². The third-order valence-electron chi connectivity index (χ3n) is 3.82. The molecular formula is C19H33N. The highest BCUT2D eigenvalue weighted by atomic mass is 14.8. The zero-order valence-electron chi connectivity index (χ0n) is 14.0. The number of hydrogen-bond acceptors (Lipinski definition) is 1. The maximum absolute atomic E-state index is 3.46. The summed E-state index contributed by atoms with van der Waals surface area (Å²) in [5.74, 6) is 0. The van der Waals surface area contributed by atoms with Crippen molar-refractivity contribution in [3.05, 3.63) is 35.4 Å². The fourth-order valence-corrected chi connectivity index (χ4v) is 2.41. The maximum atomic E-state index is 3.46. The molecule has 1 aromatic carbocycles. The van der Waals surface area contributed by atoms with Crippen molar-refractivity contribution in [2.45, 2.75) is 71.6 Å². The number of unbranched alkanes of at least 4 members (excludes halogenated alkanes) is 3. The van der Waals surface area contributed by atoms with Gasteiger partial charge < -0.3 is 5.32 Å². The molecule has 0 saturated carbocycles. The van der Waals surface area contributed by atoms with Gasteiger partial charge in [0.1, 0.15) is 0 Å². The van der Waals surface area contributed by atoms with E-state index in [1.165, 1.54) is 62.7 Å². The molecule has 0 aliphatic carbocycles. The molecule has 0 spiro atoms. The Kier molecular flexibility index (Phi) is 7.91. The lowest BCUT2D eigenvalue weighted by atomic mass is 9.86. The zero-order valence-corrected chi connectivity index (χ0v) is 14.0. The average Bonchev–Trinajstić information content (AvgIpc) is 2.41. The quantitative estimate of drug-likeness (QED) is 0.619. The molecule has 20 heavy (non-hydrogen) atoms. The first-order valence-electron chi connectivity index (χ1n) is 8.34. The lowest BCUT2D eigenvalue weighted by Crippen LogP contribution is -2.15. The minimum absolute atomic E-state index is 0.268. The van der Waals surface area contributed by atoms with Crippen molar-refractivity contribution in [2.75, 3.05) is 13.1 Å². The highest BCUT2D eigenvalue weighted by Crippen LogP contribution is 2.22. The minimum atomic E-state index is 0.268. The van der Waals surface area contributed by atoms with Gasteiger partial charge in [-0.25, -0.2) is 0 Å². The van der Waals surface area contributed by atoms with Gasteiger partial charge in [0.25, 0.3) is 0 Å². The highest BCUT2D eigenvalue weighted by Gasteiger charge is 2.12. The van der Waals surface area contributed by atoms with E-state index in [-0.39, 0.29) is 5.41 Å². The van der Waals surface area contributed by atoms with E-state index in [0.29, 0.717) is 0 Å². The molecule has 0 bridgehead atoms. The second kappa shape index (κ2) is 9.18. The average molecular weight is 275 g/mol. The molecule has 0 aromatic heterocycles. The summed E-state index contributed by atoms with van der Waals surface area (Å²) in [6.45, 7) is 11.4. The summed E-state index contributed by atoms with van der Waals surface area (Å²) in [7, 11) is 0. The Morgan fingerprint density at radius 3 is 2.10 bits per heavy atom. The topological polar surface area (TPSA) is 12.0 Å². The molecule has 0 unspecified atom stereocenters. The highest BCUT2D eigenvalue weighted by molar-refractivity contribution is 5.27. The molecule has 0 atom stereocenters. The normalized spacial score (nSPS) is 11.8. The first-order valence-corrected chi connectivity index (χ1v) is 8.34. The van der Waals surface area contributed by atoms with Crippen molar-refractivity contribution >= 4 is 0 Å². The number of aryl methyl sites for hydroxylation is 1. The van der Waals surface area contributed by atoms with Crippen LogP contribution in [-0.4, -0.2) is 13.1 Å². The van der Waals surface area contributed by atoms with E-state index in [4.69, 9.17) is 0 Å². The maximum Gasteiger partial charge on any atom is -0.00489 e. The molecule has 1 N–H and O–H groups in total. The molecule has 0 aliphatic heterocycles. The van der Waals surface area contributed by atoms with Gasteiger partial charge in [-0.1, -0.05) is 64.8 Å². The van der Waals surface area contributed by atoms with Crippen LogP contribution in [0.4, 0.5) is 0 Å². The van der Waals surface area contributed by atoms with E-state index in [2.05, 4.69) is 57.3 Å². The van der Waals surface area contributed by atoms with Gasteiger partial charge in [0.05, 0.1) is 0 Å². The van der Waals surface area contributed by atoms with E-state index in [0.717, 1.165) is 0 Å².